The van der Waals surface area contributed by atoms with Crippen LogP contribution in [0.4, 0.5) is 11.4 Å². The number of carboxylic acids is 1. The number of Topliss-reactive ketones (excluding diaryl/α,β-unsaturated/α-hetero) is 1. The van der Waals surface area contributed by atoms with Crippen molar-refractivity contribution in [3.05, 3.63) is 70.3 Å². The van der Waals surface area contributed by atoms with Gasteiger partial charge in [0.25, 0.3) is 5.56 Å². The lowest BCUT2D eigenvalue weighted by molar-refractivity contribution is 0.0690. The van der Waals surface area contributed by atoms with Gasteiger partial charge in [-0.05, 0) is 26.0 Å². The predicted octanol–water partition coefficient (Wildman–Crippen LogP) is 2.97. The first-order chi connectivity index (χ1) is 13.4. The van der Waals surface area contributed by atoms with Crippen LogP contribution in [0.3, 0.4) is 0 Å². The molecule has 142 valence electrons. The van der Waals surface area contributed by atoms with E-state index in [1.165, 1.54) is 29.9 Å². The van der Waals surface area contributed by atoms with E-state index in [4.69, 9.17) is 5.11 Å². The van der Waals surface area contributed by atoms with E-state index in [-0.39, 0.29) is 22.7 Å². The van der Waals surface area contributed by atoms with Crippen LogP contribution in [-0.2, 0) is 6.54 Å². The number of aromatic carboxylic acids is 1. The third-order valence-electron chi connectivity index (χ3n) is 4.11. The Hall–Kier alpha value is -3.81. The van der Waals surface area contributed by atoms with Gasteiger partial charge in [0.15, 0.2) is 5.78 Å². The number of carboxylic acid groups (broad SMARTS) is 1. The first-order valence-corrected chi connectivity index (χ1v) is 8.60. The Morgan fingerprint density at radius 2 is 1.86 bits per heavy atom. The molecule has 3 rings (SSSR count). The number of carbonyl (C=O) groups excluding carboxylic acids is 1. The fourth-order valence-corrected chi connectivity index (χ4v) is 2.78. The molecule has 0 saturated carbocycles. The van der Waals surface area contributed by atoms with Crippen LogP contribution in [0.15, 0.2) is 53.5 Å². The van der Waals surface area contributed by atoms with Crippen molar-refractivity contribution < 1.29 is 14.7 Å². The van der Waals surface area contributed by atoms with E-state index in [1.807, 2.05) is 30.3 Å². The average molecular weight is 378 g/mol. The number of benzene rings is 1. The largest absolute Gasteiger partial charge is 0.477 e. The third kappa shape index (κ3) is 3.66. The number of nitrogens with zero attached hydrogens (tertiary/aromatic N) is 3. The molecule has 1 aromatic carbocycles. The maximum absolute atomic E-state index is 12.9. The van der Waals surface area contributed by atoms with Crippen molar-refractivity contribution in [1.82, 2.24) is 14.8 Å². The van der Waals surface area contributed by atoms with Crippen LogP contribution in [0.2, 0.25) is 0 Å². The van der Waals surface area contributed by atoms with Gasteiger partial charge in [-0.3, -0.25) is 9.59 Å². The van der Waals surface area contributed by atoms with Gasteiger partial charge in [-0.2, -0.15) is 5.10 Å². The molecule has 0 spiro atoms. The van der Waals surface area contributed by atoms with E-state index in [0.717, 1.165) is 0 Å². The van der Waals surface area contributed by atoms with Crippen LogP contribution in [0.25, 0.3) is 11.3 Å². The number of carbonyl (C=O) groups is 2. The minimum Gasteiger partial charge on any atom is -0.477 e. The SMILES string of the molecule is CCn1nc(-c2ccccc2)c(C(C)=O)c(Nc2ccc(C(=O)O)nc2)c1=O. The fraction of sp³-hybridized carbons (Fsp3) is 0.150. The highest BCUT2D eigenvalue weighted by molar-refractivity contribution is 6.05. The molecule has 0 fully saturated rings. The minimum atomic E-state index is -1.15. The van der Waals surface area contributed by atoms with Crippen LogP contribution < -0.4 is 10.9 Å². The molecule has 2 heterocycles. The summed E-state index contributed by atoms with van der Waals surface area (Å²) in [6.07, 6.45) is 1.30. The van der Waals surface area contributed by atoms with E-state index >= 15 is 0 Å². The van der Waals surface area contributed by atoms with E-state index in [1.54, 1.807) is 6.92 Å². The molecule has 28 heavy (non-hydrogen) atoms. The van der Waals surface area contributed by atoms with Gasteiger partial charge in [-0.1, -0.05) is 30.3 Å². The summed E-state index contributed by atoms with van der Waals surface area (Å²) < 4.78 is 1.27. The lowest BCUT2D eigenvalue weighted by atomic mass is 10.0. The van der Waals surface area contributed by atoms with Gasteiger partial charge in [0.1, 0.15) is 17.1 Å². The third-order valence-corrected chi connectivity index (χ3v) is 4.11. The number of rotatable bonds is 6. The summed E-state index contributed by atoms with van der Waals surface area (Å²) in [6.45, 7) is 3.47. The first-order valence-electron chi connectivity index (χ1n) is 8.60. The van der Waals surface area contributed by atoms with Gasteiger partial charge < -0.3 is 10.4 Å². The number of pyridine rings is 1. The first kappa shape index (κ1) is 19.0. The molecule has 0 aliphatic heterocycles. The van der Waals surface area contributed by atoms with Crippen molar-refractivity contribution in [1.29, 1.82) is 0 Å². The Kier molecular flexibility index (Phi) is 5.30. The second-order valence-corrected chi connectivity index (χ2v) is 6.00. The molecule has 0 unspecified atom stereocenters. The number of anilines is 2. The maximum Gasteiger partial charge on any atom is 0.354 e. The number of hydrogen-bond acceptors (Lipinski definition) is 6. The number of nitrogens with one attached hydrogen (secondary N) is 1. The summed E-state index contributed by atoms with van der Waals surface area (Å²) in [7, 11) is 0. The van der Waals surface area contributed by atoms with Crippen molar-refractivity contribution in [2.24, 2.45) is 0 Å². The molecular formula is C20H18N4O4. The molecule has 0 amide bonds. The Balaban J connectivity index is 2.19. The number of aromatic nitrogens is 3. The molecule has 2 aromatic heterocycles. The van der Waals surface area contributed by atoms with Crippen molar-refractivity contribution in [3.8, 4) is 11.3 Å². The molecular weight excluding hydrogens is 360 g/mol. The number of aryl methyl sites for hydroxylation is 1. The quantitative estimate of drug-likeness (QED) is 0.634. The predicted molar refractivity (Wildman–Crippen MR) is 104 cm³/mol. The molecule has 0 aliphatic carbocycles. The molecule has 0 saturated heterocycles. The highest BCUT2D eigenvalue weighted by Crippen LogP contribution is 2.27. The average Bonchev–Trinajstić information content (AvgIpc) is 2.70. The Bertz CT molecular complexity index is 1090. The van der Waals surface area contributed by atoms with Crippen molar-refractivity contribution in [2.75, 3.05) is 5.32 Å². The Morgan fingerprint density at radius 3 is 2.39 bits per heavy atom. The zero-order valence-corrected chi connectivity index (χ0v) is 15.3. The smallest absolute Gasteiger partial charge is 0.354 e. The summed E-state index contributed by atoms with van der Waals surface area (Å²) >= 11 is 0. The van der Waals surface area contributed by atoms with Crippen LogP contribution >= 0.6 is 0 Å². The lowest BCUT2D eigenvalue weighted by Crippen LogP contribution is -2.28. The second kappa shape index (κ2) is 7.83. The molecule has 0 aliphatic rings. The summed E-state index contributed by atoms with van der Waals surface area (Å²) in [5, 5.41) is 16.3. The van der Waals surface area contributed by atoms with Crippen LogP contribution in [0, 0.1) is 0 Å². The fourth-order valence-electron chi connectivity index (χ4n) is 2.78. The van der Waals surface area contributed by atoms with E-state index in [0.29, 0.717) is 23.5 Å². The topological polar surface area (TPSA) is 114 Å². The van der Waals surface area contributed by atoms with Gasteiger partial charge in [-0.15, -0.1) is 0 Å². The lowest BCUT2D eigenvalue weighted by Gasteiger charge is -2.16. The molecule has 0 atom stereocenters. The minimum absolute atomic E-state index is 0.0769. The van der Waals surface area contributed by atoms with Gasteiger partial charge >= 0.3 is 5.97 Å². The highest BCUT2D eigenvalue weighted by Gasteiger charge is 2.22. The molecule has 3 aromatic rings. The van der Waals surface area contributed by atoms with Gasteiger partial charge in [-0.25, -0.2) is 14.5 Å². The Labute approximate surface area is 160 Å². The van der Waals surface area contributed by atoms with Crippen LogP contribution in [-0.4, -0.2) is 31.6 Å². The number of ketones is 1. The summed E-state index contributed by atoms with van der Waals surface area (Å²) in [6, 6.07) is 11.9. The Morgan fingerprint density at radius 1 is 1.14 bits per heavy atom. The zero-order chi connectivity index (χ0) is 20.3. The van der Waals surface area contributed by atoms with E-state index in [2.05, 4.69) is 15.4 Å². The molecule has 2 N–H and O–H groups in total. The summed E-state index contributed by atoms with van der Waals surface area (Å²) in [5.74, 6) is -1.47. The normalized spacial score (nSPS) is 10.5. The summed E-state index contributed by atoms with van der Waals surface area (Å²) in [4.78, 5) is 40.1. The monoisotopic (exact) mass is 378 g/mol. The second-order valence-electron chi connectivity index (χ2n) is 6.00. The van der Waals surface area contributed by atoms with Crippen molar-refractivity contribution in [3.63, 3.8) is 0 Å². The molecule has 8 heteroatoms. The number of hydrogen-bond donors (Lipinski definition) is 2. The molecule has 0 bridgehead atoms. The van der Waals surface area contributed by atoms with Crippen LogP contribution in [0.1, 0.15) is 34.7 Å². The van der Waals surface area contributed by atoms with Crippen molar-refractivity contribution >= 4 is 23.1 Å². The van der Waals surface area contributed by atoms with Crippen LogP contribution in [0.5, 0.6) is 0 Å². The van der Waals surface area contributed by atoms with Crippen molar-refractivity contribution in [2.45, 2.75) is 20.4 Å². The standard InChI is InChI=1S/C20H18N4O4/c1-3-24-19(26)18(22-14-9-10-15(20(27)28)21-11-14)16(12(2)25)17(23-24)13-7-5-4-6-8-13/h4-11,22H,3H2,1-2H3,(H,27,28). The van der Waals surface area contributed by atoms with Gasteiger partial charge in [0.2, 0.25) is 0 Å². The summed E-state index contributed by atoms with van der Waals surface area (Å²) in [5.41, 5.74) is 1.16. The van der Waals surface area contributed by atoms with E-state index < -0.39 is 11.5 Å². The van der Waals surface area contributed by atoms with E-state index in [9.17, 15) is 14.4 Å². The molecule has 0 radical (unpaired) electrons. The highest BCUT2D eigenvalue weighted by atomic mass is 16.4. The maximum atomic E-state index is 12.9. The van der Waals surface area contributed by atoms with Gasteiger partial charge in [0, 0.05) is 12.1 Å². The zero-order valence-electron chi connectivity index (χ0n) is 15.3. The molecule has 8 nitrogen and oxygen atoms in total. The van der Waals surface area contributed by atoms with Gasteiger partial charge in [0.05, 0.1) is 17.4 Å².